The highest BCUT2D eigenvalue weighted by atomic mass is 16.5. The van der Waals surface area contributed by atoms with Gasteiger partial charge in [-0.1, -0.05) is 5.16 Å². The summed E-state index contributed by atoms with van der Waals surface area (Å²) in [6, 6.07) is 7.11. The van der Waals surface area contributed by atoms with Crippen LogP contribution in [0.3, 0.4) is 0 Å². The molecule has 2 heterocycles. The number of carboxylic acid groups (broad SMARTS) is 1. The van der Waals surface area contributed by atoms with Crippen LogP contribution in [0.1, 0.15) is 33.1 Å². The Balaban J connectivity index is 2.14. The number of aromatic carboxylic acids is 1. The second kappa shape index (κ2) is 4.77. The number of hydrogen-bond donors (Lipinski definition) is 1. The first-order chi connectivity index (χ1) is 9.97. The number of rotatable bonds is 3. The summed E-state index contributed by atoms with van der Waals surface area (Å²) in [7, 11) is 0. The zero-order valence-corrected chi connectivity index (χ0v) is 12.2. The van der Waals surface area contributed by atoms with Gasteiger partial charge in [-0.05, 0) is 44.5 Å². The van der Waals surface area contributed by atoms with Crippen molar-refractivity contribution in [1.29, 1.82) is 0 Å². The fraction of sp³-hybridized carbons (Fsp3) is 0.250. The molecule has 0 atom stereocenters. The molecule has 3 aromatic rings. The van der Waals surface area contributed by atoms with Crippen LogP contribution in [-0.4, -0.2) is 20.8 Å². The normalized spacial score (nSPS) is 11.2. The van der Waals surface area contributed by atoms with Crippen LogP contribution < -0.4 is 0 Å². The molecule has 0 saturated carbocycles. The minimum absolute atomic E-state index is 0.304. The number of aryl methyl sites for hydroxylation is 2. The van der Waals surface area contributed by atoms with E-state index < -0.39 is 5.97 Å². The van der Waals surface area contributed by atoms with E-state index in [0.717, 1.165) is 33.6 Å². The van der Waals surface area contributed by atoms with E-state index in [1.165, 1.54) is 0 Å². The van der Waals surface area contributed by atoms with Crippen LogP contribution in [-0.2, 0) is 6.54 Å². The molecule has 0 unspecified atom stereocenters. The molecule has 3 rings (SSSR count). The molecular formula is C16H16N2O3. The molecule has 5 heteroatoms. The molecule has 0 radical (unpaired) electrons. The largest absolute Gasteiger partial charge is 0.478 e. The Morgan fingerprint density at radius 3 is 2.67 bits per heavy atom. The summed E-state index contributed by atoms with van der Waals surface area (Å²) >= 11 is 0. The number of benzene rings is 1. The van der Waals surface area contributed by atoms with Gasteiger partial charge in [-0.15, -0.1) is 0 Å². The van der Waals surface area contributed by atoms with Gasteiger partial charge in [-0.3, -0.25) is 0 Å². The summed E-state index contributed by atoms with van der Waals surface area (Å²) in [4.78, 5) is 11.1. The van der Waals surface area contributed by atoms with E-state index in [2.05, 4.69) is 9.72 Å². The molecule has 0 aliphatic heterocycles. The maximum atomic E-state index is 11.1. The molecule has 0 bridgehead atoms. The number of carbonyl (C=O) groups is 1. The lowest BCUT2D eigenvalue weighted by Gasteiger charge is -2.05. The maximum Gasteiger partial charge on any atom is 0.335 e. The number of hydrogen-bond acceptors (Lipinski definition) is 3. The van der Waals surface area contributed by atoms with Gasteiger partial charge in [-0.25, -0.2) is 4.79 Å². The first kappa shape index (κ1) is 13.4. The predicted molar refractivity (Wildman–Crippen MR) is 78.7 cm³/mol. The van der Waals surface area contributed by atoms with Crippen LogP contribution in [0.15, 0.2) is 28.8 Å². The summed E-state index contributed by atoms with van der Waals surface area (Å²) in [6.45, 7) is 6.51. The van der Waals surface area contributed by atoms with Gasteiger partial charge in [0, 0.05) is 22.7 Å². The van der Waals surface area contributed by atoms with Crippen molar-refractivity contribution in [2.75, 3.05) is 0 Å². The second-order valence-corrected chi connectivity index (χ2v) is 5.27. The molecule has 0 aliphatic rings. The SMILES string of the molecule is Cc1cc(Cn2c(C)c(C)c3cc(C(=O)O)ccc32)on1. The molecule has 21 heavy (non-hydrogen) atoms. The summed E-state index contributed by atoms with van der Waals surface area (Å²) < 4.78 is 7.40. The Morgan fingerprint density at radius 1 is 1.29 bits per heavy atom. The lowest BCUT2D eigenvalue weighted by molar-refractivity contribution is 0.0697. The number of nitrogens with zero attached hydrogens (tertiary/aromatic N) is 2. The Labute approximate surface area is 121 Å². The number of fused-ring (bicyclic) bond motifs is 1. The van der Waals surface area contributed by atoms with E-state index >= 15 is 0 Å². The monoisotopic (exact) mass is 284 g/mol. The molecule has 1 N–H and O–H groups in total. The van der Waals surface area contributed by atoms with E-state index in [-0.39, 0.29) is 0 Å². The van der Waals surface area contributed by atoms with E-state index in [1.807, 2.05) is 32.9 Å². The van der Waals surface area contributed by atoms with Gasteiger partial charge in [-0.2, -0.15) is 0 Å². The third-order valence-electron chi connectivity index (χ3n) is 3.88. The van der Waals surface area contributed by atoms with E-state index in [9.17, 15) is 4.79 Å². The van der Waals surface area contributed by atoms with Crippen molar-refractivity contribution in [3.05, 3.63) is 52.5 Å². The van der Waals surface area contributed by atoms with Crippen LogP contribution >= 0.6 is 0 Å². The van der Waals surface area contributed by atoms with Crippen molar-refractivity contribution in [3.63, 3.8) is 0 Å². The third kappa shape index (κ3) is 2.20. The zero-order chi connectivity index (χ0) is 15.1. The van der Waals surface area contributed by atoms with Crippen molar-refractivity contribution >= 4 is 16.9 Å². The van der Waals surface area contributed by atoms with E-state index in [0.29, 0.717) is 12.1 Å². The van der Waals surface area contributed by atoms with Crippen LogP contribution in [0.4, 0.5) is 0 Å². The van der Waals surface area contributed by atoms with Crippen molar-refractivity contribution in [1.82, 2.24) is 9.72 Å². The zero-order valence-electron chi connectivity index (χ0n) is 12.2. The lowest BCUT2D eigenvalue weighted by Crippen LogP contribution is -2.01. The minimum atomic E-state index is -0.910. The van der Waals surface area contributed by atoms with Gasteiger partial charge in [0.15, 0.2) is 5.76 Å². The molecule has 0 spiro atoms. The first-order valence-electron chi connectivity index (χ1n) is 6.72. The number of aromatic nitrogens is 2. The molecule has 0 saturated heterocycles. The minimum Gasteiger partial charge on any atom is -0.478 e. The van der Waals surface area contributed by atoms with Crippen molar-refractivity contribution in [2.45, 2.75) is 27.3 Å². The van der Waals surface area contributed by atoms with Gasteiger partial charge in [0.25, 0.3) is 0 Å². The topological polar surface area (TPSA) is 68.3 Å². The van der Waals surface area contributed by atoms with Crippen molar-refractivity contribution in [2.24, 2.45) is 0 Å². The summed E-state index contributed by atoms with van der Waals surface area (Å²) in [5, 5.41) is 14.0. The Bertz CT molecular complexity index is 843. The Hall–Kier alpha value is -2.56. The number of carboxylic acids is 1. The molecule has 0 aliphatic carbocycles. The molecule has 1 aromatic carbocycles. The molecule has 5 nitrogen and oxygen atoms in total. The summed E-state index contributed by atoms with van der Waals surface area (Å²) in [6.07, 6.45) is 0. The predicted octanol–water partition coefficient (Wildman–Crippen LogP) is 3.30. The lowest BCUT2D eigenvalue weighted by atomic mass is 10.1. The smallest absolute Gasteiger partial charge is 0.335 e. The fourth-order valence-corrected chi connectivity index (χ4v) is 2.63. The van der Waals surface area contributed by atoms with Gasteiger partial charge in [0.1, 0.15) is 0 Å². The molecule has 2 aromatic heterocycles. The maximum absolute atomic E-state index is 11.1. The molecule has 108 valence electrons. The van der Waals surface area contributed by atoms with Crippen LogP contribution in [0.5, 0.6) is 0 Å². The average Bonchev–Trinajstić information content (AvgIpc) is 2.96. The van der Waals surface area contributed by atoms with Crippen LogP contribution in [0, 0.1) is 20.8 Å². The van der Waals surface area contributed by atoms with Crippen molar-refractivity contribution < 1.29 is 14.4 Å². The van der Waals surface area contributed by atoms with E-state index in [4.69, 9.17) is 9.63 Å². The average molecular weight is 284 g/mol. The van der Waals surface area contributed by atoms with Gasteiger partial charge >= 0.3 is 5.97 Å². The molecular weight excluding hydrogens is 268 g/mol. The quantitative estimate of drug-likeness (QED) is 0.801. The standard InChI is InChI=1S/C16H16N2O3/c1-9-6-13(21-17-9)8-18-11(3)10(2)14-7-12(16(19)20)4-5-15(14)18/h4-7H,8H2,1-3H3,(H,19,20). The Morgan fingerprint density at radius 2 is 2.05 bits per heavy atom. The van der Waals surface area contributed by atoms with Crippen LogP contribution in [0.2, 0.25) is 0 Å². The van der Waals surface area contributed by atoms with Crippen LogP contribution in [0.25, 0.3) is 10.9 Å². The van der Waals surface area contributed by atoms with Gasteiger partial charge in [0.2, 0.25) is 0 Å². The van der Waals surface area contributed by atoms with Gasteiger partial charge < -0.3 is 14.2 Å². The highest BCUT2D eigenvalue weighted by Crippen LogP contribution is 2.27. The summed E-state index contributed by atoms with van der Waals surface area (Å²) in [5.41, 5.74) is 4.34. The summed E-state index contributed by atoms with van der Waals surface area (Å²) in [5.74, 6) is -0.123. The molecule has 0 amide bonds. The fourth-order valence-electron chi connectivity index (χ4n) is 2.63. The molecule has 0 fully saturated rings. The highest BCUT2D eigenvalue weighted by Gasteiger charge is 2.14. The van der Waals surface area contributed by atoms with E-state index in [1.54, 1.807) is 12.1 Å². The third-order valence-corrected chi connectivity index (χ3v) is 3.88. The van der Waals surface area contributed by atoms with Gasteiger partial charge in [0.05, 0.1) is 17.8 Å². The van der Waals surface area contributed by atoms with Crippen molar-refractivity contribution in [3.8, 4) is 0 Å². The Kier molecular flexibility index (Phi) is 3.05. The first-order valence-corrected chi connectivity index (χ1v) is 6.72. The second-order valence-electron chi connectivity index (χ2n) is 5.27. The highest BCUT2D eigenvalue weighted by molar-refractivity contribution is 5.95.